The molecule has 50 heavy (non-hydrogen) atoms. The molecule has 1 aliphatic rings. The highest BCUT2D eigenvalue weighted by Gasteiger charge is 2.39. The van der Waals surface area contributed by atoms with Crippen molar-refractivity contribution in [2.24, 2.45) is 0 Å². The Hall–Kier alpha value is -4.71. The zero-order chi connectivity index (χ0) is 36.2. The third kappa shape index (κ3) is 7.70. The molecule has 2 heterocycles. The van der Waals surface area contributed by atoms with E-state index in [1.165, 1.54) is 29.7 Å². The van der Waals surface area contributed by atoms with Crippen LogP contribution in [0.3, 0.4) is 0 Å². The lowest BCUT2D eigenvalue weighted by molar-refractivity contribution is -0.143. The molecule has 0 saturated heterocycles. The first-order valence-electron chi connectivity index (χ1n) is 16.5. The summed E-state index contributed by atoms with van der Waals surface area (Å²) in [6.45, 7) is 7.18. The van der Waals surface area contributed by atoms with E-state index in [-0.39, 0.29) is 59.5 Å². The van der Waals surface area contributed by atoms with Crippen molar-refractivity contribution < 1.29 is 41.0 Å². The summed E-state index contributed by atoms with van der Waals surface area (Å²) in [5.74, 6) is -2.37. The average Bonchev–Trinajstić information content (AvgIpc) is 3.50. The normalized spacial score (nSPS) is 14.7. The number of rotatable bonds is 13. The van der Waals surface area contributed by atoms with Gasteiger partial charge in [-0.1, -0.05) is 48.5 Å². The second-order valence-corrected chi connectivity index (χ2v) is 12.3. The quantitative estimate of drug-likeness (QED) is 0.0864. The smallest absolute Gasteiger partial charge is 0.416 e. The molecule has 1 N–H and O–H groups in total. The zero-order valence-corrected chi connectivity index (χ0v) is 28.2. The minimum atomic E-state index is -4.87. The van der Waals surface area contributed by atoms with Gasteiger partial charge in [-0.15, -0.1) is 0 Å². The number of halogens is 5. The maximum atomic E-state index is 16.2. The van der Waals surface area contributed by atoms with Gasteiger partial charge in [-0.05, 0) is 70.0 Å². The number of nitrogens with one attached hydrogen (secondary N) is 1. The fraction of sp³-hybridized carbons (Fsp3) is 0.368. The summed E-state index contributed by atoms with van der Waals surface area (Å²) < 4.78 is 92.1. The molecule has 12 heteroatoms. The molecule has 0 spiro atoms. The Balaban J connectivity index is 1.70. The topological polar surface area (TPSA) is 78.8 Å². The molecule has 2 unspecified atom stereocenters. The molecule has 2 atom stereocenters. The van der Waals surface area contributed by atoms with Gasteiger partial charge < -0.3 is 19.5 Å². The Bertz CT molecular complexity index is 1890. The number of benzene rings is 3. The molecule has 5 rings (SSSR count). The molecule has 0 bridgehead atoms. The van der Waals surface area contributed by atoms with Crippen LogP contribution in [0.1, 0.15) is 73.5 Å². The van der Waals surface area contributed by atoms with Gasteiger partial charge in [-0.3, -0.25) is 14.2 Å². The highest BCUT2D eigenvalue weighted by atomic mass is 19.4. The lowest BCUT2D eigenvalue weighted by Gasteiger charge is -2.27. The van der Waals surface area contributed by atoms with Crippen LogP contribution in [-0.4, -0.2) is 36.4 Å². The lowest BCUT2D eigenvalue weighted by atomic mass is 9.91. The predicted molar refractivity (Wildman–Crippen MR) is 178 cm³/mol. The highest BCUT2D eigenvalue weighted by molar-refractivity contribution is 5.72. The molecule has 0 amide bonds. The van der Waals surface area contributed by atoms with E-state index >= 15 is 8.78 Å². The number of carbonyl (C=O) groups excluding carboxylic acids is 1. The Morgan fingerprint density at radius 2 is 1.74 bits per heavy atom. The number of carbonyl (C=O) groups is 1. The molecule has 266 valence electrons. The second kappa shape index (κ2) is 15.5. The van der Waals surface area contributed by atoms with E-state index in [0.717, 1.165) is 23.8 Å². The third-order valence-electron chi connectivity index (χ3n) is 8.60. The number of alkyl halides is 3. The number of fused-ring (bicyclic) bond motifs is 1. The van der Waals surface area contributed by atoms with E-state index in [2.05, 4.69) is 5.32 Å². The summed E-state index contributed by atoms with van der Waals surface area (Å²) >= 11 is 0. The number of hydrogen-bond donors (Lipinski definition) is 1. The van der Waals surface area contributed by atoms with Crippen molar-refractivity contribution in [1.29, 1.82) is 0 Å². The number of nitrogens with zero attached hydrogens (tertiary/aromatic N) is 1. The van der Waals surface area contributed by atoms with Gasteiger partial charge in [-0.25, -0.2) is 8.78 Å². The van der Waals surface area contributed by atoms with Crippen LogP contribution in [0, 0.1) is 18.6 Å². The molecule has 4 aromatic rings. The van der Waals surface area contributed by atoms with Gasteiger partial charge >= 0.3 is 12.1 Å². The number of pyridine rings is 1. The maximum Gasteiger partial charge on any atom is 0.416 e. The van der Waals surface area contributed by atoms with Crippen molar-refractivity contribution in [1.82, 2.24) is 9.88 Å². The van der Waals surface area contributed by atoms with E-state index in [0.29, 0.717) is 13.0 Å². The SMILES string of the molecule is CCOC(=O)CCCNC(c1ccccc1)C1COc2c(Cc3c(F)cccc3C(F)(F)F)c(C)c(-c3cccc(OC(C)C)c3F)c(=O)n21. The van der Waals surface area contributed by atoms with Crippen molar-refractivity contribution in [2.45, 2.75) is 71.3 Å². The molecule has 0 aliphatic carbocycles. The van der Waals surface area contributed by atoms with E-state index in [4.69, 9.17) is 14.2 Å². The van der Waals surface area contributed by atoms with Crippen LogP contribution in [0.5, 0.6) is 11.6 Å². The van der Waals surface area contributed by atoms with Gasteiger partial charge in [0.05, 0.1) is 35.9 Å². The summed E-state index contributed by atoms with van der Waals surface area (Å²) in [7, 11) is 0. The van der Waals surface area contributed by atoms with Crippen molar-refractivity contribution in [2.75, 3.05) is 19.8 Å². The number of ether oxygens (including phenoxy) is 3. The van der Waals surface area contributed by atoms with Crippen LogP contribution >= 0.6 is 0 Å². The second-order valence-electron chi connectivity index (χ2n) is 12.3. The lowest BCUT2D eigenvalue weighted by Crippen LogP contribution is -2.36. The van der Waals surface area contributed by atoms with Gasteiger partial charge in [-0.2, -0.15) is 13.2 Å². The fourth-order valence-electron chi connectivity index (χ4n) is 6.39. The number of hydrogen-bond acceptors (Lipinski definition) is 6. The van der Waals surface area contributed by atoms with Crippen molar-refractivity contribution in [3.8, 4) is 22.8 Å². The number of aromatic nitrogens is 1. The van der Waals surface area contributed by atoms with Crippen molar-refractivity contribution in [3.05, 3.63) is 117 Å². The van der Waals surface area contributed by atoms with E-state index in [1.54, 1.807) is 20.8 Å². The molecular weight excluding hydrogens is 659 g/mol. The summed E-state index contributed by atoms with van der Waals surface area (Å²) in [5, 5.41) is 3.42. The van der Waals surface area contributed by atoms with Gasteiger partial charge in [0.1, 0.15) is 12.4 Å². The fourth-order valence-corrected chi connectivity index (χ4v) is 6.39. The van der Waals surface area contributed by atoms with Crippen LogP contribution < -0.4 is 20.3 Å². The predicted octanol–water partition coefficient (Wildman–Crippen LogP) is 8.11. The molecule has 0 fully saturated rings. The number of esters is 1. The van der Waals surface area contributed by atoms with Gasteiger partial charge in [0.15, 0.2) is 11.6 Å². The Kier molecular flexibility index (Phi) is 11.3. The Labute approximate surface area is 287 Å². The van der Waals surface area contributed by atoms with Crippen LogP contribution in [0.15, 0.2) is 71.5 Å². The first-order valence-corrected chi connectivity index (χ1v) is 16.5. The summed E-state index contributed by atoms with van der Waals surface area (Å²) in [6.07, 6.45) is -5.27. The minimum Gasteiger partial charge on any atom is -0.488 e. The molecule has 1 aliphatic heterocycles. The van der Waals surface area contributed by atoms with E-state index in [9.17, 15) is 22.8 Å². The van der Waals surface area contributed by atoms with Gasteiger partial charge in [0.2, 0.25) is 5.88 Å². The summed E-state index contributed by atoms with van der Waals surface area (Å²) in [6, 6.07) is 14.9. The van der Waals surface area contributed by atoms with E-state index < -0.39 is 59.1 Å². The standard InChI is InChI=1S/C38H39F5N2O5/c1-5-48-32(46)18-11-19-44-35(24-12-7-6-8-13-24)30-21-49-37-26(20-27-28(38(41,42)43)15-10-16-29(27)39)23(4)33(36(47)45(30)37)25-14-9-17-31(34(25)40)50-22(2)3/h6-10,12-17,22,30,35,44H,5,11,18-21H2,1-4H3. The van der Waals surface area contributed by atoms with Gasteiger partial charge in [0.25, 0.3) is 5.56 Å². The maximum absolute atomic E-state index is 16.2. The molecular formula is C38H39F5N2O5. The third-order valence-corrected chi connectivity index (χ3v) is 8.60. The first kappa shape index (κ1) is 36.6. The highest BCUT2D eigenvalue weighted by Crippen LogP contribution is 2.43. The Morgan fingerprint density at radius 1 is 1.02 bits per heavy atom. The average molecular weight is 699 g/mol. The monoisotopic (exact) mass is 698 g/mol. The molecule has 0 saturated carbocycles. The zero-order valence-electron chi connectivity index (χ0n) is 28.2. The Morgan fingerprint density at radius 3 is 2.42 bits per heavy atom. The molecule has 0 radical (unpaired) electrons. The first-order chi connectivity index (χ1) is 23.8. The minimum absolute atomic E-state index is 0.0260. The van der Waals surface area contributed by atoms with E-state index in [1.807, 2.05) is 30.3 Å². The van der Waals surface area contributed by atoms with Crippen molar-refractivity contribution in [3.63, 3.8) is 0 Å². The van der Waals surface area contributed by atoms with Crippen LogP contribution in [-0.2, 0) is 22.1 Å². The molecule has 3 aromatic carbocycles. The largest absolute Gasteiger partial charge is 0.488 e. The summed E-state index contributed by atoms with van der Waals surface area (Å²) in [5.41, 5.74) is -1.62. The molecule has 7 nitrogen and oxygen atoms in total. The van der Waals surface area contributed by atoms with Crippen LogP contribution in [0.2, 0.25) is 0 Å². The molecule has 1 aromatic heterocycles. The van der Waals surface area contributed by atoms with Gasteiger partial charge in [0, 0.05) is 29.5 Å². The van der Waals surface area contributed by atoms with Crippen molar-refractivity contribution >= 4 is 5.97 Å². The van der Waals surface area contributed by atoms with Crippen LogP contribution in [0.4, 0.5) is 22.0 Å². The summed E-state index contributed by atoms with van der Waals surface area (Å²) in [4.78, 5) is 26.6. The van der Waals surface area contributed by atoms with Crippen LogP contribution in [0.25, 0.3) is 11.1 Å².